The van der Waals surface area contributed by atoms with Crippen LogP contribution in [0.2, 0.25) is 0 Å². The van der Waals surface area contributed by atoms with E-state index in [2.05, 4.69) is 39.5 Å². The predicted octanol–water partition coefficient (Wildman–Crippen LogP) is 4.41. The van der Waals surface area contributed by atoms with Crippen LogP contribution in [0, 0.1) is 0 Å². The lowest BCUT2D eigenvalue weighted by Gasteiger charge is -2.04. The van der Waals surface area contributed by atoms with Crippen LogP contribution in [0.25, 0.3) is 0 Å². The predicted molar refractivity (Wildman–Crippen MR) is 70.5 cm³/mol. The summed E-state index contributed by atoms with van der Waals surface area (Å²) >= 11 is 0. The molecule has 1 aliphatic rings. The van der Waals surface area contributed by atoms with E-state index in [0.29, 0.717) is 0 Å². The molecule has 0 bridgehead atoms. The van der Waals surface area contributed by atoms with Gasteiger partial charge in [-0.1, -0.05) is 29.4 Å². The van der Waals surface area contributed by atoms with Gasteiger partial charge in [0, 0.05) is 0 Å². The van der Waals surface area contributed by atoms with Gasteiger partial charge >= 0.3 is 0 Å². The molecule has 1 rings (SSSR count). The molecule has 1 atom stereocenters. The molecule has 0 saturated carbocycles. The average Bonchev–Trinajstić information content (AvgIpc) is 2.98. The monoisotopic (exact) mass is 220 g/mol. The van der Waals surface area contributed by atoms with Crippen molar-refractivity contribution in [3.05, 3.63) is 36.0 Å². The second kappa shape index (κ2) is 6.05. The van der Waals surface area contributed by atoms with E-state index in [0.717, 1.165) is 25.9 Å². The van der Waals surface area contributed by atoms with Gasteiger partial charge in [0.25, 0.3) is 0 Å². The van der Waals surface area contributed by atoms with Crippen molar-refractivity contribution in [2.24, 2.45) is 0 Å². The van der Waals surface area contributed by atoms with E-state index >= 15 is 0 Å². The highest BCUT2D eigenvalue weighted by atomic mass is 16.6. The van der Waals surface area contributed by atoms with Crippen LogP contribution < -0.4 is 0 Å². The third-order valence-electron chi connectivity index (χ3n) is 3.04. The van der Waals surface area contributed by atoms with Crippen LogP contribution in [0.5, 0.6) is 0 Å². The molecule has 1 heteroatoms. The van der Waals surface area contributed by atoms with Crippen LogP contribution >= 0.6 is 0 Å². The van der Waals surface area contributed by atoms with Crippen LogP contribution in [0.4, 0.5) is 0 Å². The number of hydrogen-bond acceptors (Lipinski definition) is 1. The maximum absolute atomic E-state index is 5.38. The van der Waals surface area contributed by atoms with Crippen molar-refractivity contribution in [3.8, 4) is 0 Å². The average molecular weight is 220 g/mol. The molecular weight excluding hydrogens is 196 g/mol. The van der Waals surface area contributed by atoms with Crippen LogP contribution in [0.1, 0.15) is 46.5 Å². The molecule has 0 aromatic carbocycles. The Bertz CT molecular complexity index is 289. The van der Waals surface area contributed by atoms with E-state index in [1.54, 1.807) is 0 Å². The summed E-state index contributed by atoms with van der Waals surface area (Å²) in [6, 6.07) is 0. The lowest BCUT2D eigenvalue weighted by molar-refractivity contribution is 0.338. The van der Waals surface area contributed by atoms with Crippen molar-refractivity contribution in [1.29, 1.82) is 0 Å². The SMILES string of the molecule is C=CC1(CC/C=C(\C)CCC=C(C)C)CO1. The lowest BCUT2D eigenvalue weighted by Crippen LogP contribution is -2.04. The Kier molecular flexibility index (Phi) is 5.01. The number of allylic oxidation sites excluding steroid dienone is 4. The summed E-state index contributed by atoms with van der Waals surface area (Å²) < 4.78 is 5.38. The van der Waals surface area contributed by atoms with Crippen molar-refractivity contribution in [1.82, 2.24) is 0 Å². The van der Waals surface area contributed by atoms with Gasteiger partial charge in [0.15, 0.2) is 0 Å². The summed E-state index contributed by atoms with van der Waals surface area (Å²) in [5.41, 5.74) is 2.92. The number of ether oxygens (including phenoxy) is 1. The second-order valence-electron chi connectivity index (χ2n) is 4.97. The van der Waals surface area contributed by atoms with Gasteiger partial charge in [-0.2, -0.15) is 0 Å². The van der Waals surface area contributed by atoms with Gasteiger partial charge in [-0.05, 0) is 46.5 Å². The zero-order valence-corrected chi connectivity index (χ0v) is 10.9. The van der Waals surface area contributed by atoms with Gasteiger partial charge in [-0.25, -0.2) is 0 Å². The normalized spacial score (nSPS) is 24.1. The van der Waals surface area contributed by atoms with Crippen molar-refractivity contribution in [2.75, 3.05) is 6.61 Å². The molecule has 0 aromatic heterocycles. The van der Waals surface area contributed by atoms with Crippen LogP contribution in [0.3, 0.4) is 0 Å². The Hall–Kier alpha value is -0.820. The van der Waals surface area contributed by atoms with E-state index in [1.807, 2.05) is 6.08 Å². The molecule has 0 amide bonds. The summed E-state index contributed by atoms with van der Waals surface area (Å²) in [5.74, 6) is 0. The molecule has 1 heterocycles. The molecule has 0 radical (unpaired) electrons. The van der Waals surface area contributed by atoms with Crippen molar-refractivity contribution >= 4 is 0 Å². The fraction of sp³-hybridized carbons (Fsp3) is 0.600. The minimum atomic E-state index is 0.0245. The van der Waals surface area contributed by atoms with Gasteiger partial charge < -0.3 is 4.74 Å². The van der Waals surface area contributed by atoms with Gasteiger partial charge in [-0.15, -0.1) is 6.58 Å². The van der Waals surface area contributed by atoms with E-state index in [-0.39, 0.29) is 5.60 Å². The maximum Gasteiger partial charge on any atom is 0.110 e. The number of epoxide rings is 1. The van der Waals surface area contributed by atoms with Crippen LogP contribution in [-0.2, 0) is 4.74 Å². The van der Waals surface area contributed by atoms with Gasteiger partial charge in [0.2, 0.25) is 0 Å². The number of rotatable bonds is 7. The third-order valence-corrected chi connectivity index (χ3v) is 3.04. The molecule has 90 valence electrons. The Morgan fingerprint density at radius 3 is 2.44 bits per heavy atom. The van der Waals surface area contributed by atoms with E-state index < -0.39 is 0 Å². The van der Waals surface area contributed by atoms with Crippen LogP contribution in [0.15, 0.2) is 36.0 Å². The highest BCUT2D eigenvalue weighted by Crippen LogP contribution is 2.33. The smallest absolute Gasteiger partial charge is 0.110 e. The highest BCUT2D eigenvalue weighted by molar-refractivity contribution is 5.09. The molecular formula is C15H24O. The fourth-order valence-electron chi connectivity index (χ4n) is 1.71. The largest absolute Gasteiger partial charge is 0.365 e. The zero-order valence-electron chi connectivity index (χ0n) is 10.9. The molecule has 1 unspecified atom stereocenters. The quantitative estimate of drug-likeness (QED) is 0.457. The maximum atomic E-state index is 5.38. The van der Waals surface area contributed by atoms with Crippen molar-refractivity contribution < 1.29 is 4.74 Å². The third kappa shape index (κ3) is 4.80. The number of hydrogen-bond donors (Lipinski definition) is 0. The molecule has 1 fully saturated rings. The first-order valence-electron chi connectivity index (χ1n) is 6.14. The van der Waals surface area contributed by atoms with E-state index in [9.17, 15) is 0 Å². The molecule has 1 nitrogen and oxygen atoms in total. The van der Waals surface area contributed by atoms with Crippen molar-refractivity contribution in [3.63, 3.8) is 0 Å². The molecule has 1 aliphatic heterocycles. The summed E-state index contributed by atoms with van der Waals surface area (Å²) in [6.45, 7) is 11.2. The Morgan fingerprint density at radius 1 is 1.25 bits per heavy atom. The lowest BCUT2D eigenvalue weighted by atomic mass is 10.0. The Morgan fingerprint density at radius 2 is 1.94 bits per heavy atom. The van der Waals surface area contributed by atoms with Crippen LogP contribution in [-0.4, -0.2) is 12.2 Å². The summed E-state index contributed by atoms with van der Waals surface area (Å²) in [7, 11) is 0. The molecule has 0 N–H and O–H groups in total. The zero-order chi connectivity index (χ0) is 12.0. The minimum Gasteiger partial charge on any atom is -0.365 e. The second-order valence-corrected chi connectivity index (χ2v) is 4.97. The van der Waals surface area contributed by atoms with Gasteiger partial charge in [0.1, 0.15) is 5.60 Å². The Labute approximate surface area is 99.9 Å². The van der Waals surface area contributed by atoms with E-state index in [1.165, 1.54) is 17.6 Å². The summed E-state index contributed by atoms with van der Waals surface area (Å²) in [4.78, 5) is 0. The van der Waals surface area contributed by atoms with E-state index in [4.69, 9.17) is 4.74 Å². The minimum absolute atomic E-state index is 0.0245. The first-order chi connectivity index (χ1) is 7.58. The molecule has 16 heavy (non-hydrogen) atoms. The first-order valence-corrected chi connectivity index (χ1v) is 6.14. The molecule has 0 spiro atoms. The van der Waals surface area contributed by atoms with Gasteiger partial charge in [0.05, 0.1) is 6.61 Å². The molecule has 0 aromatic rings. The van der Waals surface area contributed by atoms with Crippen molar-refractivity contribution in [2.45, 2.75) is 52.1 Å². The first kappa shape index (κ1) is 13.2. The molecule has 1 saturated heterocycles. The topological polar surface area (TPSA) is 12.5 Å². The molecule has 0 aliphatic carbocycles. The van der Waals surface area contributed by atoms with Gasteiger partial charge in [-0.3, -0.25) is 0 Å². The highest BCUT2D eigenvalue weighted by Gasteiger charge is 2.40. The standard InChI is InChI=1S/C15H24O/c1-5-15(12-16-15)11-7-10-14(4)9-6-8-13(2)3/h5,8,10H,1,6-7,9,11-12H2,2-4H3/b14-10+. The summed E-state index contributed by atoms with van der Waals surface area (Å²) in [5, 5.41) is 0. The fourth-order valence-corrected chi connectivity index (χ4v) is 1.71. The Balaban J connectivity index is 2.18. The summed E-state index contributed by atoms with van der Waals surface area (Å²) in [6.07, 6.45) is 11.1.